The van der Waals surface area contributed by atoms with Gasteiger partial charge in [0.05, 0.1) is 6.04 Å². The van der Waals surface area contributed by atoms with Gasteiger partial charge in [-0.1, -0.05) is 48.9 Å². The van der Waals surface area contributed by atoms with Crippen molar-refractivity contribution in [2.45, 2.75) is 19.4 Å². The van der Waals surface area contributed by atoms with Gasteiger partial charge in [0, 0.05) is 8.59 Å². The van der Waals surface area contributed by atoms with Crippen LogP contribution in [0.5, 0.6) is 0 Å². The second kappa shape index (κ2) is 7.27. The molecule has 0 amide bonds. The predicted molar refractivity (Wildman–Crippen MR) is 90.7 cm³/mol. The number of hydrogen-bond donors (Lipinski definition) is 1. The third kappa shape index (κ3) is 3.94. The molecule has 0 fully saturated rings. The van der Waals surface area contributed by atoms with Crippen LogP contribution < -0.4 is 5.32 Å². The summed E-state index contributed by atoms with van der Waals surface area (Å²) in [5.41, 5.74) is 2.39. The van der Waals surface area contributed by atoms with Crippen LogP contribution in [-0.2, 0) is 0 Å². The molecule has 1 atom stereocenters. The molecule has 3 heteroatoms. The van der Waals surface area contributed by atoms with Crippen molar-refractivity contribution in [2.75, 3.05) is 6.54 Å². The van der Waals surface area contributed by atoms with Crippen molar-refractivity contribution in [2.24, 2.45) is 0 Å². The standard InChI is InChI=1S/C16H17ClIN/c1-2-11-19-16(12-7-9-13(18)10-8-12)14-5-3-4-6-15(14)17/h3-10,16,19H,2,11H2,1H3. The average molecular weight is 386 g/mol. The van der Waals surface area contributed by atoms with Gasteiger partial charge in [-0.3, -0.25) is 0 Å². The minimum absolute atomic E-state index is 0.158. The molecule has 0 spiro atoms. The van der Waals surface area contributed by atoms with Gasteiger partial charge in [-0.05, 0) is 64.9 Å². The zero-order chi connectivity index (χ0) is 13.7. The second-order valence-electron chi connectivity index (χ2n) is 4.46. The summed E-state index contributed by atoms with van der Waals surface area (Å²) >= 11 is 8.66. The first kappa shape index (κ1) is 14.8. The smallest absolute Gasteiger partial charge is 0.0591 e. The van der Waals surface area contributed by atoms with Crippen LogP contribution in [0.15, 0.2) is 48.5 Å². The summed E-state index contributed by atoms with van der Waals surface area (Å²) in [5, 5.41) is 4.39. The van der Waals surface area contributed by atoms with E-state index in [4.69, 9.17) is 11.6 Å². The Hall–Kier alpha value is -0.580. The summed E-state index contributed by atoms with van der Waals surface area (Å²) in [6, 6.07) is 16.8. The zero-order valence-electron chi connectivity index (χ0n) is 10.9. The molecule has 0 heterocycles. The first-order valence-corrected chi connectivity index (χ1v) is 7.91. The van der Waals surface area contributed by atoms with Gasteiger partial charge in [-0.25, -0.2) is 0 Å². The summed E-state index contributed by atoms with van der Waals surface area (Å²) in [5.74, 6) is 0. The highest BCUT2D eigenvalue weighted by Gasteiger charge is 2.15. The van der Waals surface area contributed by atoms with Crippen molar-refractivity contribution in [1.29, 1.82) is 0 Å². The van der Waals surface area contributed by atoms with E-state index in [0.717, 1.165) is 23.6 Å². The van der Waals surface area contributed by atoms with E-state index < -0.39 is 0 Å². The Labute approximate surface area is 133 Å². The fraction of sp³-hybridized carbons (Fsp3) is 0.250. The van der Waals surface area contributed by atoms with Crippen LogP contribution in [-0.4, -0.2) is 6.54 Å². The molecule has 100 valence electrons. The molecule has 0 radical (unpaired) electrons. The maximum absolute atomic E-state index is 6.34. The lowest BCUT2D eigenvalue weighted by molar-refractivity contribution is 0.598. The van der Waals surface area contributed by atoms with Crippen LogP contribution in [0.25, 0.3) is 0 Å². The van der Waals surface area contributed by atoms with Crippen LogP contribution in [0.3, 0.4) is 0 Å². The summed E-state index contributed by atoms with van der Waals surface area (Å²) < 4.78 is 1.25. The lowest BCUT2D eigenvalue weighted by Gasteiger charge is -2.20. The molecule has 19 heavy (non-hydrogen) atoms. The van der Waals surface area contributed by atoms with Gasteiger partial charge in [-0.2, -0.15) is 0 Å². The molecular weight excluding hydrogens is 369 g/mol. The quantitative estimate of drug-likeness (QED) is 0.712. The van der Waals surface area contributed by atoms with Crippen LogP contribution in [0.1, 0.15) is 30.5 Å². The molecular formula is C16H17ClIN. The monoisotopic (exact) mass is 385 g/mol. The SMILES string of the molecule is CCCNC(c1ccc(I)cc1)c1ccccc1Cl. The maximum Gasteiger partial charge on any atom is 0.0591 e. The van der Waals surface area contributed by atoms with Gasteiger partial charge >= 0.3 is 0 Å². The van der Waals surface area contributed by atoms with Crippen LogP contribution in [0, 0.1) is 3.57 Å². The molecule has 1 N–H and O–H groups in total. The normalized spacial score (nSPS) is 12.4. The molecule has 1 unspecified atom stereocenters. The number of nitrogens with one attached hydrogen (secondary N) is 1. The van der Waals surface area contributed by atoms with Crippen molar-refractivity contribution in [3.63, 3.8) is 0 Å². The molecule has 0 aliphatic heterocycles. The first-order chi connectivity index (χ1) is 9.22. The second-order valence-corrected chi connectivity index (χ2v) is 6.11. The molecule has 1 nitrogen and oxygen atoms in total. The van der Waals surface area contributed by atoms with E-state index in [1.807, 2.05) is 18.2 Å². The van der Waals surface area contributed by atoms with E-state index in [1.54, 1.807) is 0 Å². The van der Waals surface area contributed by atoms with Crippen molar-refractivity contribution in [3.05, 3.63) is 68.3 Å². The van der Waals surface area contributed by atoms with Crippen LogP contribution >= 0.6 is 34.2 Å². The summed E-state index contributed by atoms with van der Waals surface area (Å²) in [4.78, 5) is 0. The Morgan fingerprint density at radius 2 is 1.79 bits per heavy atom. The van der Waals surface area contributed by atoms with Gasteiger partial charge in [0.2, 0.25) is 0 Å². The molecule has 0 aliphatic rings. The highest BCUT2D eigenvalue weighted by Crippen LogP contribution is 2.28. The molecule has 2 aromatic rings. The van der Waals surface area contributed by atoms with Gasteiger partial charge in [0.25, 0.3) is 0 Å². The molecule has 0 saturated carbocycles. The number of hydrogen-bond acceptors (Lipinski definition) is 1. The van der Waals surface area contributed by atoms with E-state index in [2.05, 4.69) is 65.2 Å². The summed E-state index contributed by atoms with van der Waals surface area (Å²) in [6.45, 7) is 3.15. The topological polar surface area (TPSA) is 12.0 Å². The number of halogens is 2. The zero-order valence-corrected chi connectivity index (χ0v) is 13.8. The summed E-state index contributed by atoms with van der Waals surface area (Å²) in [6.07, 6.45) is 1.10. The molecule has 0 bridgehead atoms. The Bertz CT molecular complexity index is 525. The maximum atomic E-state index is 6.34. The van der Waals surface area contributed by atoms with Gasteiger partial charge in [0.15, 0.2) is 0 Å². The fourth-order valence-electron chi connectivity index (χ4n) is 2.06. The van der Waals surface area contributed by atoms with Gasteiger partial charge < -0.3 is 5.32 Å². The summed E-state index contributed by atoms with van der Waals surface area (Å²) in [7, 11) is 0. The molecule has 0 saturated heterocycles. The Morgan fingerprint density at radius 1 is 1.11 bits per heavy atom. The number of benzene rings is 2. The molecule has 2 aromatic carbocycles. The largest absolute Gasteiger partial charge is 0.306 e. The highest BCUT2D eigenvalue weighted by molar-refractivity contribution is 14.1. The Kier molecular flexibility index (Phi) is 5.67. The fourth-order valence-corrected chi connectivity index (χ4v) is 2.66. The van der Waals surface area contributed by atoms with E-state index in [0.29, 0.717) is 0 Å². The van der Waals surface area contributed by atoms with Crippen molar-refractivity contribution < 1.29 is 0 Å². The lowest BCUT2D eigenvalue weighted by Crippen LogP contribution is -2.23. The lowest BCUT2D eigenvalue weighted by atomic mass is 9.98. The van der Waals surface area contributed by atoms with E-state index in [9.17, 15) is 0 Å². The van der Waals surface area contributed by atoms with E-state index in [-0.39, 0.29) is 6.04 Å². The third-order valence-corrected chi connectivity index (χ3v) is 4.08. The minimum atomic E-state index is 0.158. The minimum Gasteiger partial charge on any atom is -0.306 e. The van der Waals surface area contributed by atoms with E-state index >= 15 is 0 Å². The van der Waals surface area contributed by atoms with Gasteiger partial charge in [0.1, 0.15) is 0 Å². The van der Waals surface area contributed by atoms with Crippen LogP contribution in [0.2, 0.25) is 5.02 Å². The average Bonchev–Trinajstić information content (AvgIpc) is 2.43. The van der Waals surface area contributed by atoms with Crippen LogP contribution in [0.4, 0.5) is 0 Å². The first-order valence-electron chi connectivity index (χ1n) is 6.45. The third-order valence-electron chi connectivity index (χ3n) is 3.02. The Balaban J connectivity index is 2.35. The molecule has 0 aliphatic carbocycles. The predicted octanol–water partition coefficient (Wildman–Crippen LogP) is 5.03. The van der Waals surface area contributed by atoms with Gasteiger partial charge in [-0.15, -0.1) is 0 Å². The highest BCUT2D eigenvalue weighted by atomic mass is 127. The number of rotatable bonds is 5. The van der Waals surface area contributed by atoms with Crippen molar-refractivity contribution in [1.82, 2.24) is 5.32 Å². The Morgan fingerprint density at radius 3 is 2.42 bits per heavy atom. The van der Waals surface area contributed by atoms with Crippen molar-refractivity contribution >= 4 is 34.2 Å². The molecule has 0 aromatic heterocycles. The molecule has 2 rings (SSSR count). The van der Waals surface area contributed by atoms with E-state index in [1.165, 1.54) is 9.13 Å². The van der Waals surface area contributed by atoms with Crippen molar-refractivity contribution in [3.8, 4) is 0 Å².